The molecule has 1 fully saturated rings. The average molecular weight is 317 g/mol. The minimum absolute atomic E-state index is 0.0115. The molecule has 1 heterocycles. The van der Waals surface area contributed by atoms with Crippen LogP contribution in [0.2, 0.25) is 0 Å². The molecule has 2 rings (SSSR count). The molecule has 5 nitrogen and oxygen atoms in total. The molecule has 1 aliphatic heterocycles. The molecule has 0 unspecified atom stereocenters. The Morgan fingerprint density at radius 2 is 1.74 bits per heavy atom. The van der Waals surface area contributed by atoms with Crippen LogP contribution in [0.25, 0.3) is 0 Å². The standard InChI is InChI=1S/C18H27N3O2/c1-3-19-11-13-20(14-12-19)18(23)9-10-21(16(2)22)15-17-7-5-4-6-8-17/h4-8H,3,9-15H2,1-2H3. The summed E-state index contributed by atoms with van der Waals surface area (Å²) in [5.41, 5.74) is 1.09. The van der Waals surface area contributed by atoms with Crippen molar-refractivity contribution in [2.75, 3.05) is 39.3 Å². The molecule has 0 radical (unpaired) electrons. The summed E-state index contributed by atoms with van der Waals surface area (Å²) < 4.78 is 0. The van der Waals surface area contributed by atoms with Crippen LogP contribution in [0.15, 0.2) is 30.3 Å². The Morgan fingerprint density at radius 1 is 1.09 bits per heavy atom. The van der Waals surface area contributed by atoms with Gasteiger partial charge in [0, 0.05) is 52.6 Å². The molecule has 0 saturated carbocycles. The van der Waals surface area contributed by atoms with Crippen molar-refractivity contribution >= 4 is 11.8 Å². The Hall–Kier alpha value is -1.88. The molecule has 23 heavy (non-hydrogen) atoms. The third kappa shape index (κ3) is 5.36. The van der Waals surface area contributed by atoms with Crippen molar-refractivity contribution in [3.05, 3.63) is 35.9 Å². The normalized spacial score (nSPS) is 15.5. The number of hydrogen-bond acceptors (Lipinski definition) is 3. The lowest BCUT2D eigenvalue weighted by Gasteiger charge is -2.34. The fourth-order valence-corrected chi connectivity index (χ4v) is 2.85. The van der Waals surface area contributed by atoms with Crippen LogP contribution in [-0.4, -0.2) is 65.8 Å². The van der Waals surface area contributed by atoms with Gasteiger partial charge in [-0.25, -0.2) is 0 Å². The second-order valence-corrected chi connectivity index (χ2v) is 5.99. The third-order valence-corrected chi connectivity index (χ3v) is 4.43. The number of likely N-dealkylation sites (N-methyl/N-ethyl adjacent to an activating group) is 1. The van der Waals surface area contributed by atoms with Crippen molar-refractivity contribution in [1.82, 2.24) is 14.7 Å². The second kappa shape index (κ2) is 8.67. The zero-order valence-corrected chi connectivity index (χ0v) is 14.2. The summed E-state index contributed by atoms with van der Waals surface area (Å²) in [6.45, 7) is 9.28. The SMILES string of the molecule is CCN1CCN(C(=O)CCN(Cc2ccccc2)C(C)=O)CC1. The first kappa shape index (κ1) is 17.5. The van der Waals surface area contributed by atoms with Crippen molar-refractivity contribution in [2.45, 2.75) is 26.8 Å². The van der Waals surface area contributed by atoms with Gasteiger partial charge in [0.25, 0.3) is 0 Å². The maximum Gasteiger partial charge on any atom is 0.224 e. The van der Waals surface area contributed by atoms with E-state index in [0.717, 1.165) is 38.3 Å². The van der Waals surface area contributed by atoms with Crippen LogP contribution in [0.3, 0.4) is 0 Å². The number of amides is 2. The lowest BCUT2D eigenvalue weighted by atomic mass is 10.2. The van der Waals surface area contributed by atoms with Crippen molar-refractivity contribution in [3.8, 4) is 0 Å². The van der Waals surface area contributed by atoms with Gasteiger partial charge in [0.15, 0.2) is 0 Å². The number of carbonyl (C=O) groups is 2. The number of nitrogens with zero attached hydrogens (tertiary/aromatic N) is 3. The summed E-state index contributed by atoms with van der Waals surface area (Å²) >= 11 is 0. The van der Waals surface area contributed by atoms with Crippen molar-refractivity contribution in [2.24, 2.45) is 0 Å². The predicted octanol–water partition coefficient (Wildman–Crippen LogP) is 1.59. The Balaban J connectivity index is 1.82. The molecule has 0 aliphatic carbocycles. The second-order valence-electron chi connectivity index (χ2n) is 5.99. The molecule has 0 aromatic heterocycles. The van der Waals surface area contributed by atoms with Crippen molar-refractivity contribution in [3.63, 3.8) is 0 Å². The summed E-state index contributed by atoms with van der Waals surface area (Å²) in [4.78, 5) is 30.2. The zero-order valence-electron chi connectivity index (χ0n) is 14.2. The van der Waals surface area contributed by atoms with E-state index in [1.54, 1.807) is 11.8 Å². The summed E-state index contributed by atoms with van der Waals surface area (Å²) in [6, 6.07) is 9.89. The minimum atomic E-state index is 0.0115. The van der Waals surface area contributed by atoms with E-state index in [9.17, 15) is 9.59 Å². The molecule has 5 heteroatoms. The van der Waals surface area contributed by atoms with E-state index in [-0.39, 0.29) is 11.8 Å². The fourth-order valence-electron chi connectivity index (χ4n) is 2.85. The van der Waals surface area contributed by atoms with Crippen LogP contribution < -0.4 is 0 Å². The van der Waals surface area contributed by atoms with Gasteiger partial charge in [0.05, 0.1) is 0 Å². The van der Waals surface area contributed by atoms with Crippen LogP contribution in [0, 0.1) is 0 Å². The molecule has 126 valence electrons. The molecular formula is C18H27N3O2. The van der Waals surface area contributed by atoms with E-state index >= 15 is 0 Å². The minimum Gasteiger partial charge on any atom is -0.340 e. The van der Waals surface area contributed by atoms with E-state index in [1.807, 2.05) is 35.2 Å². The molecule has 1 aromatic carbocycles. The lowest BCUT2D eigenvalue weighted by molar-refractivity contribution is -0.135. The Bertz CT molecular complexity index is 510. The number of hydrogen-bond donors (Lipinski definition) is 0. The van der Waals surface area contributed by atoms with Gasteiger partial charge >= 0.3 is 0 Å². The van der Waals surface area contributed by atoms with Gasteiger partial charge < -0.3 is 14.7 Å². The van der Waals surface area contributed by atoms with Gasteiger partial charge in [-0.15, -0.1) is 0 Å². The first-order chi connectivity index (χ1) is 11.1. The maximum atomic E-state index is 12.3. The van der Waals surface area contributed by atoms with Gasteiger partial charge in [-0.2, -0.15) is 0 Å². The highest BCUT2D eigenvalue weighted by molar-refractivity contribution is 5.78. The molecule has 0 atom stereocenters. The van der Waals surface area contributed by atoms with Gasteiger partial charge in [-0.3, -0.25) is 9.59 Å². The highest BCUT2D eigenvalue weighted by atomic mass is 16.2. The largest absolute Gasteiger partial charge is 0.340 e. The van der Waals surface area contributed by atoms with Gasteiger partial charge in [-0.05, 0) is 12.1 Å². The first-order valence-corrected chi connectivity index (χ1v) is 8.39. The smallest absolute Gasteiger partial charge is 0.224 e. The topological polar surface area (TPSA) is 43.9 Å². The average Bonchev–Trinajstić information content (AvgIpc) is 2.59. The summed E-state index contributed by atoms with van der Waals surface area (Å²) in [7, 11) is 0. The van der Waals surface area contributed by atoms with Gasteiger partial charge in [0.1, 0.15) is 0 Å². The summed E-state index contributed by atoms with van der Waals surface area (Å²) in [5, 5.41) is 0. The Kier molecular flexibility index (Phi) is 6.59. The molecule has 1 saturated heterocycles. The summed E-state index contributed by atoms with van der Waals surface area (Å²) in [5.74, 6) is 0.164. The number of piperazine rings is 1. The van der Waals surface area contributed by atoms with Crippen molar-refractivity contribution in [1.29, 1.82) is 0 Å². The monoisotopic (exact) mass is 317 g/mol. The highest BCUT2D eigenvalue weighted by Gasteiger charge is 2.21. The summed E-state index contributed by atoms with van der Waals surface area (Å²) in [6.07, 6.45) is 0.401. The molecular weight excluding hydrogens is 290 g/mol. The fraction of sp³-hybridized carbons (Fsp3) is 0.556. The lowest BCUT2D eigenvalue weighted by Crippen LogP contribution is -2.49. The molecule has 2 amide bonds. The Morgan fingerprint density at radius 3 is 2.30 bits per heavy atom. The van der Waals surface area contributed by atoms with Crippen LogP contribution >= 0.6 is 0 Å². The highest BCUT2D eigenvalue weighted by Crippen LogP contribution is 2.08. The van der Waals surface area contributed by atoms with Gasteiger partial charge in [-0.1, -0.05) is 37.3 Å². The van der Waals surface area contributed by atoms with Crippen LogP contribution in [0.5, 0.6) is 0 Å². The predicted molar refractivity (Wildman–Crippen MR) is 90.8 cm³/mol. The number of carbonyl (C=O) groups excluding carboxylic acids is 2. The number of rotatable bonds is 6. The van der Waals surface area contributed by atoms with E-state index in [0.29, 0.717) is 19.5 Å². The molecule has 0 spiro atoms. The Labute approximate surface area is 138 Å². The molecule has 0 bridgehead atoms. The van der Waals surface area contributed by atoms with Crippen molar-refractivity contribution < 1.29 is 9.59 Å². The number of benzene rings is 1. The maximum absolute atomic E-state index is 12.3. The van der Waals surface area contributed by atoms with Crippen LogP contribution in [0.1, 0.15) is 25.8 Å². The van der Waals surface area contributed by atoms with E-state index in [4.69, 9.17) is 0 Å². The van der Waals surface area contributed by atoms with Crippen LogP contribution in [0.4, 0.5) is 0 Å². The zero-order chi connectivity index (χ0) is 16.7. The molecule has 1 aromatic rings. The molecule has 1 aliphatic rings. The van der Waals surface area contributed by atoms with Gasteiger partial charge in [0.2, 0.25) is 11.8 Å². The first-order valence-electron chi connectivity index (χ1n) is 8.39. The molecule has 0 N–H and O–H groups in total. The van der Waals surface area contributed by atoms with Crippen LogP contribution in [-0.2, 0) is 16.1 Å². The quantitative estimate of drug-likeness (QED) is 0.800. The third-order valence-electron chi connectivity index (χ3n) is 4.43. The van der Waals surface area contributed by atoms with E-state index in [1.165, 1.54) is 0 Å². The van der Waals surface area contributed by atoms with E-state index < -0.39 is 0 Å². The van der Waals surface area contributed by atoms with E-state index in [2.05, 4.69) is 11.8 Å².